The summed E-state index contributed by atoms with van der Waals surface area (Å²) in [7, 11) is -3.31. The zero-order valence-electron chi connectivity index (χ0n) is 11.2. The van der Waals surface area contributed by atoms with Crippen molar-refractivity contribution < 1.29 is 18.3 Å². The van der Waals surface area contributed by atoms with Crippen LogP contribution in [0.15, 0.2) is 24.3 Å². The Labute approximate surface area is 119 Å². The minimum atomic E-state index is -3.31. The molecule has 7 heteroatoms. The summed E-state index contributed by atoms with van der Waals surface area (Å²) in [5, 5.41) is 9.04. The molecule has 1 aliphatic rings. The van der Waals surface area contributed by atoms with Crippen molar-refractivity contribution in [3.8, 4) is 5.75 Å². The summed E-state index contributed by atoms with van der Waals surface area (Å²) in [6, 6.07) is 6.82. The number of sulfonamides is 1. The van der Waals surface area contributed by atoms with Gasteiger partial charge in [-0.3, -0.25) is 0 Å². The number of rotatable bonds is 6. The first-order valence-electron chi connectivity index (χ1n) is 6.58. The van der Waals surface area contributed by atoms with Crippen LogP contribution in [0.5, 0.6) is 5.75 Å². The average Bonchev–Trinajstić information content (AvgIpc) is 2.90. The van der Waals surface area contributed by atoms with Gasteiger partial charge in [-0.25, -0.2) is 12.7 Å². The zero-order valence-corrected chi connectivity index (χ0v) is 12.1. The molecule has 1 saturated heterocycles. The molecular formula is C13H20N2O4S. The highest BCUT2D eigenvalue weighted by Gasteiger charge is 2.30. The van der Waals surface area contributed by atoms with E-state index in [-0.39, 0.29) is 24.9 Å². The first-order chi connectivity index (χ1) is 9.51. The van der Waals surface area contributed by atoms with E-state index in [2.05, 4.69) is 0 Å². The smallest absolute Gasteiger partial charge is 0.217 e. The fourth-order valence-corrected chi connectivity index (χ4v) is 3.53. The Bertz CT molecular complexity index is 530. The highest BCUT2D eigenvalue weighted by molar-refractivity contribution is 7.89. The summed E-state index contributed by atoms with van der Waals surface area (Å²) in [6.45, 7) is 1.02. The van der Waals surface area contributed by atoms with Crippen LogP contribution in [0, 0.1) is 5.92 Å². The standard InChI is InChI=1S/C13H20N2O4S/c14-12-1-3-13(4-2-12)19-7-8-20(17,18)15-6-5-11(9-15)10-16/h1-4,11,16H,5-10,14H2. The van der Waals surface area contributed by atoms with Gasteiger partial charge in [0, 0.05) is 25.4 Å². The third-order valence-electron chi connectivity index (χ3n) is 3.39. The fourth-order valence-electron chi connectivity index (χ4n) is 2.16. The summed E-state index contributed by atoms with van der Waals surface area (Å²) in [5.74, 6) is 0.599. The van der Waals surface area contributed by atoms with Crippen molar-refractivity contribution in [2.45, 2.75) is 6.42 Å². The lowest BCUT2D eigenvalue weighted by Gasteiger charge is -2.16. The maximum atomic E-state index is 12.1. The molecule has 1 aliphatic heterocycles. The van der Waals surface area contributed by atoms with E-state index in [0.717, 1.165) is 0 Å². The molecule has 0 bridgehead atoms. The van der Waals surface area contributed by atoms with Crippen LogP contribution in [-0.2, 0) is 10.0 Å². The highest BCUT2D eigenvalue weighted by atomic mass is 32.2. The van der Waals surface area contributed by atoms with Crippen molar-refractivity contribution in [2.24, 2.45) is 5.92 Å². The second-order valence-corrected chi connectivity index (χ2v) is 7.02. The molecule has 2 rings (SSSR count). The molecule has 6 nitrogen and oxygen atoms in total. The monoisotopic (exact) mass is 300 g/mol. The molecule has 1 atom stereocenters. The molecule has 0 saturated carbocycles. The molecule has 1 aromatic rings. The van der Waals surface area contributed by atoms with Gasteiger partial charge < -0.3 is 15.6 Å². The van der Waals surface area contributed by atoms with Crippen LogP contribution in [0.3, 0.4) is 0 Å². The molecular weight excluding hydrogens is 280 g/mol. The fraction of sp³-hybridized carbons (Fsp3) is 0.538. The summed E-state index contributed by atoms with van der Waals surface area (Å²) >= 11 is 0. The second-order valence-electron chi connectivity index (χ2n) is 4.93. The molecule has 1 heterocycles. The van der Waals surface area contributed by atoms with Gasteiger partial charge in [0.2, 0.25) is 10.0 Å². The number of nitrogens with zero attached hydrogens (tertiary/aromatic N) is 1. The number of aliphatic hydroxyl groups excluding tert-OH is 1. The molecule has 0 amide bonds. The van der Waals surface area contributed by atoms with Crippen LogP contribution in [0.4, 0.5) is 5.69 Å². The Hall–Kier alpha value is -1.31. The molecule has 3 N–H and O–H groups in total. The number of anilines is 1. The molecule has 1 unspecified atom stereocenters. The van der Waals surface area contributed by atoms with Gasteiger partial charge in [-0.15, -0.1) is 0 Å². The molecule has 20 heavy (non-hydrogen) atoms. The molecule has 1 aromatic carbocycles. The van der Waals surface area contributed by atoms with E-state index in [4.69, 9.17) is 15.6 Å². The zero-order chi connectivity index (χ0) is 14.6. The third kappa shape index (κ3) is 3.84. The van der Waals surface area contributed by atoms with Gasteiger partial charge in [0.1, 0.15) is 12.4 Å². The normalized spacial score (nSPS) is 20.1. The van der Waals surface area contributed by atoms with Gasteiger partial charge >= 0.3 is 0 Å². The van der Waals surface area contributed by atoms with Gasteiger partial charge in [0.15, 0.2) is 0 Å². The predicted octanol–water partition coefficient (Wildman–Crippen LogP) is 0.292. The van der Waals surface area contributed by atoms with Gasteiger partial charge in [-0.05, 0) is 36.6 Å². The van der Waals surface area contributed by atoms with E-state index in [1.165, 1.54) is 4.31 Å². The van der Waals surface area contributed by atoms with Crippen LogP contribution in [0.1, 0.15) is 6.42 Å². The van der Waals surface area contributed by atoms with Crippen LogP contribution >= 0.6 is 0 Å². The Morgan fingerprint density at radius 1 is 1.35 bits per heavy atom. The van der Waals surface area contributed by atoms with Gasteiger partial charge in [0.05, 0.1) is 5.75 Å². The SMILES string of the molecule is Nc1ccc(OCCS(=O)(=O)N2CCC(CO)C2)cc1. The predicted molar refractivity (Wildman–Crippen MR) is 76.9 cm³/mol. The van der Waals surface area contributed by atoms with E-state index in [0.29, 0.717) is 30.9 Å². The molecule has 112 valence electrons. The minimum Gasteiger partial charge on any atom is -0.492 e. The lowest BCUT2D eigenvalue weighted by atomic mass is 10.1. The Kier molecular flexibility index (Phi) is 4.85. The van der Waals surface area contributed by atoms with Crippen molar-refractivity contribution in [2.75, 3.05) is 37.8 Å². The Morgan fingerprint density at radius 3 is 2.65 bits per heavy atom. The largest absolute Gasteiger partial charge is 0.492 e. The number of aliphatic hydroxyl groups is 1. The van der Waals surface area contributed by atoms with E-state index in [9.17, 15) is 8.42 Å². The quantitative estimate of drug-likeness (QED) is 0.737. The van der Waals surface area contributed by atoms with E-state index in [1.807, 2.05) is 0 Å². The van der Waals surface area contributed by atoms with Gasteiger partial charge in [0.25, 0.3) is 0 Å². The number of nitrogen functional groups attached to an aromatic ring is 1. The molecule has 0 radical (unpaired) electrons. The van der Waals surface area contributed by atoms with Gasteiger partial charge in [-0.1, -0.05) is 0 Å². The lowest BCUT2D eigenvalue weighted by molar-refractivity contribution is 0.233. The number of nitrogens with two attached hydrogens (primary N) is 1. The molecule has 0 spiro atoms. The van der Waals surface area contributed by atoms with Crippen molar-refractivity contribution in [1.29, 1.82) is 0 Å². The topological polar surface area (TPSA) is 92.9 Å². The van der Waals surface area contributed by atoms with Crippen LogP contribution in [-0.4, -0.2) is 49.9 Å². The summed E-state index contributed by atoms with van der Waals surface area (Å²) in [4.78, 5) is 0. The highest BCUT2D eigenvalue weighted by Crippen LogP contribution is 2.19. The molecule has 0 aromatic heterocycles. The van der Waals surface area contributed by atoms with Crippen molar-refractivity contribution in [3.05, 3.63) is 24.3 Å². The van der Waals surface area contributed by atoms with Crippen LogP contribution in [0.25, 0.3) is 0 Å². The van der Waals surface area contributed by atoms with E-state index >= 15 is 0 Å². The van der Waals surface area contributed by atoms with E-state index in [1.54, 1.807) is 24.3 Å². The van der Waals surface area contributed by atoms with Crippen molar-refractivity contribution >= 4 is 15.7 Å². The molecule has 0 aliphatic carbocycles. The first-order valence-corrected chi connectivity index (χ1v) is 8.19. The van der Waals surface area contributed by atoms with Crippen molar-refractivity contribution in [1.82, 2.24) is 4.31 Å². The summed E-state index contributed by atoms with van der Waals surface area (Å²) in [6.07, 6.45) is 0.717. The maximum absolute atomic E-state index is 12.1. The van der Waals surface area contributed by atoms with Crippen LogP contribution < -0.4 is 10.5 Å². The number of ether oxygens (including phenoxy) is 1. The minimum absolute atomic E-state index is 0.0357. The van der Waals surface area contributed by atoms with E-state index < -0.39 is 10.0 Å². The average molecular weight is 300 g/mol. The number of hydrogen-bond acceptors (Lipinski definition) is 5. The summed E-state index contributed by atoms with van der Waals surface area (Å²) in [5.41, 5.74) is 6.19. The van der Waals surface area contributed by atoms with Gasteiger partial charge in [-0.2, -0.15) is 0 Å². The molecule has 1 fully saturated rings. The Morgan fingerprint density at radius 2 is 2.05 bits per heavy atom. The summed E-state index contributed by atoms with van der Waals surface area (Å²) < 4.78 is 31.0. The van der Waals surface area contributed by atoms with Crippen molar-refractivity contribution in [3.63, 3.8) is 0 Å². The maximum Gasteiger partial charge on any atom is 0.217 e. The lowest BCUT2D eigenvalue weighted by Crippen LogP contribution is -2.33. The Balaban J connectivity index is 1.82. The number of hydrogen-bond donors (Lipinski definition) is 2. The van der Waals surface area contributed by atoms with Crippen LogP contribution in [0.2, 0.25) is 0 Å². The second kappa shape index (κ2) is 6.43. The number of benzene rings is 1. The third-order valence-corrected chi connectivity index (χ3v) is 5.19. The first kappa shape index (κ1) is 15.1.